The van der Waals surface area contributed by atoms with Gasteiger partial charge in [-0.05, 0) is 30.2 Å². The first-order valence-corrected chi connectivity index (χ1v) is 7.31. The lowest BCUT2D eigenvalue weighted by atomic mass is 10.0. The highest BCUT2D eigenvalue weighted by atomic mass is 79.9. The molecule has 0 spiro atoms. The van der Waals surface area contributed by atoms with E-state index in [9.17, 15) is 0 Å². The van der Waals surface area contributed by atoms with Crippen LogP contribution in [-0.4, -0.2) is 0 Å². The zero-order valence-corrected chi connectivity index (χ0v) is 12.6. The molecule has 0 bridgehead atoms. The second kappa shape index (κ2) is 5.53. The zero-order chi connectivity index (χ0) is 12.4. The van der Waals surface area contributed by atoms with Gasteiger partial charge in [0.25, 0.3) is 0 Å². The number of benzene rings is 1. The molecule has 1 nitrogen and oxygen atoms in total. The van der Waals surface area contributed by atoms with Gasteiger partial charge >= 0.3 is 0 Å². The highest BCUT2D eigenvalue weighted by Crippen LogP contribution is 2.30. The Kier molecular flexibility index (Phi) is 4.26. The van der Waals surface area contributed by atoms with Crippen molar-refractivity contribution in [2.45, 2.75) is 19.4 Å². The van der Waals surface area contributed by atoms with E-state index >= 15 is 0 Å². The average Bonchev–Trinajstić information content (AvgIpc) is 2.68. The summed E-state index contributed by atoms with van der Waals surface area (Å²) in [4.78, 5) is 1.22. The number of nitrogens with two attached hydrogens (primary N) is 1. The molecule has 0 aliphatic heterocycles. The normalized spacial score (nSPS) is 12.7. The maximum Gasteiger partial charge on any atom is 0.0931 e. The van der Waals surface area contributed by atoms with E-state index in [2.05, 4.69) is 35.0 Å². The predicted octanol–water partition coefficient (Wildman–Crippen LogP) is 4.71. The Morgan fingerprint density at radius 2 is 2.12 bits per heavy atom. The molecule has 0 fully saturated rings. The third-order valence-electron chi connectivity index (χ3n) is 2.67. The molecular weight excluding hydrogens is 318 g/mol. The molecule has 0 saturated heterocycles. The molecular formula is C13H13BrClNS. The van der Waals surface area contributed by atoms with Gasteiger partial charge < -0.3 is 5.73 Å². The van der Waals surface area contributed by atoms with Gasteiger partial charge in [0.05, 0.1) is 4.34 Å². The number of rotatable bonds is 3. The summed E-state index contributed by atoms with van der Waals surface area (Å²) in [5.74, 6) is 0. The summed E-state index contributed by atoms with van der Waals surface area (Å²) >= 11 is 11.1. The first-order chi connectivity index (χ1) is 8.08. The molecule has 0 amide bonds. The van der Waals surface area contributed by atoms with Crippen molar-refractivity contribution < 1.29 is 0 Å². The molecule has 1 unspecified atom stereocenters. The molecule has 0 aliphatic carbocycles. The van der Waals surface area contributed by atoms with Crippen LogP contribution in [0.25, 0.3) is 0 Å². The predicted molar refractivity (Wildman–Crippen MR) is 78.8 cm³/mol. The van der Waals surface area contributed by atoms with Gasteiger partial charge in [0.15, 0.2) is 0 Å². The summed E-state index contributed by atoms with van der Waals surface area (Å²) < 4.78 is 1.92. The van der Waals surface area contributed by atoms with Crippen molar-refractivity contribution in [3.8, 4) is 0 Å². The number of hydrogen-bond acceptors (Lipinski definition) is 2. The minimum atomic E-state index is -0.000934. The quantitative estimate of drug-likeness (QED) is 0.866. The SMILES string of the molecule is Cc1cccc(C(N)Cc2ccc(Cl)s2)c1Br. The van der Waals surface area contributed by atoms with Crippen LogP contribution in [0.5, 0.6) is 0 Å². The fraction of sp³-hybridized carbons (Fsp3) is 0.231. The van der Waals surface area contributed by atoms with Crippen LogP contribution in [0, 0.1) is 6.92 Å². The Hall–Kier alpha value is -0.350. The maximum absolute atomic E-state index is 6.24. The molecule has 2 rings (SSSR count). The van der Waals surface area contributed by atoms with E-state index in [4.69, 9.17) is 17.3 Å². The van der Waals surface area contributed by atoms with E-state index < -0.39 is 0 Å². The van der Waals surface area contributed by atoms with Crippen LogP contribution < -0.4 is 5.73 Å². The Morgan fingerprint density at radius 1 is 1.35 bits per heavy atom. The molecule has 1 heterocycles. The Bertz CT molecular complexity index is 524. The van der Waals surface area contributed by atoms with E-state index in [1.54, 1.807) is 11.3 Å². The van der Waals surface area contributed by atoms with Crippen LogP contribution >= 0.6 is 38.9 Å². The fourth-order valence-electron chi connectivity index (χ4n) is 1.74. The molecule has 1 aromatic heterocycles. The number of aryl methyl sites for hydroxylation is 1. The minimum absolute atomic E-state index is 0.000934. The van der Waals surface area contributed by atoms with Gasteiger partial charge in [-0.3, -0.25) is 0 Å². The number of hydrogen-bond donors (Lipinski definition) is 1. The molecule has 0 radical (unpaired) electrons. The highest BCUT2D eigenvalue weighted by Gasteiger charge is 2.12. The van der Waals surface area contributed by atoms with Crippen LogP contribution in [0.3, 0.4) is 0 Å². The number of halogens is 2. The number of thiophene rings is 1. The monoisotopic (exact) mass is 329 g/mol. The molecule has 0 aliphatic rings. The van der Waals surface area contributed by atoms with Crippen LogP contribution in [0.1, 0.15) is 22.0 Å². The summed E-state index contributed by atoms with van der Waals surface area (Å²) in [6.45, 7) is 2.07. The topological polar surface area (TPSA) is 26.0 Å². The highest BCUT2D eigenvalue weighted by molar-refractivity contribution is 9.10. The van der Waals surface area contributed by atoms with Crippen LogP contribution in [-0.2, 0) is 6.42 Å². The lowest BCUT2D eigenvalue weighted by Crippen LogP contribution is -2.13. The van der Waals surface area contributed by atoms with Crippen LogP contribution in [0.15, 0.2) is 34.8 Å². The van der Waals surface area contributed by atoms with Gasteiger partial charge in [0.1, 0.15) is 0 Å². The summed E-state index contributed by atoms with van der Waals surface area (Å²) in [6.07, 6.45) is 0.819. The standard InChI is InChI=1S/C13H13BrClNS/c1-8-3-2-4-10(13(8)14)11(16)7-9-5-6-12(15)17-9/h2-6,11H,7,16H2,1H3. The minimum Gasteiger partial charge on any atom is -0.324 e. The third-order valence-corrected chi connectivity index (χ3v) is 5.01. The largest absolute Gasteiger partial charge is 0.324 e. The Labute approximate surface area is 119 Å². The first-order valence-electron chi connectivity index (χ1n) is 5.32. The molecule has 4 heteroatoms. The van der Waals surface area contributed by atoms with Gasteiger partial charge in [0, 0.05) is 21.8 Å². The fourth-order valence-corrected chi connectivity index (χ4v) is 3.45. The smallest absolute Gasteiger partial charge is 0.0931 e. The van der Waals surface area contributed by atoms with Crippen molar-refractivity contribution in [3.63, 3.8) is 0 Å². The molecule has 90 valence electrons. The van der Waals surface area contributed by atoms with E-state index in [1.165, 1.54) is 10.4 Å². The van der Waals surface area contributed by atoms with Crippen LogP contribution in [0.4, 0.5) is 0 Å². The summed E-state index contributed by atoms with van der Waals surface area (Å²) in [6, 6.07) is 10.1. The molecule has 1 aromatic carbocycles. The van der Waals surface area contributed by atoms with Gasteiger partial charge in [-0.15, -0.1) is 11.3 Å². The van der Waals surface area contributed by atoms with Gasteiger partial charge in [0.2, 0.25) is 0 Å². The van der Waals surface area contributed by atoms with Crippen molar-refractivity contribution in [1.82, 2.24) is 0 Å². The van der Waals surface area contributed by atoms with Crippen molar-refractivity contribution in [1.29, 1.82) is 0 Å². The maximum atomic E-state index is 6.24. The van der Waals surface area contributed by atoms with E-state index in [0.29, 0.717) is 0 Å². The van der Waals surface area contributed by atoms with Crippen LogP contribution in [0.2, 0.25) is 4.34 Å². The second-order valence-electron chi connectivity index (χ2n) is 3.99. The Morgan fingerprint density at radius 3 is 2.76 bits per heavy atom. The third kappa shape index (κ3) is 3.10. The summed E-state index contributed by atoms with van der Waals surface area (Å²) in [5, 5.41) is 0. The molecule has 17 heavy (non-hydrogen) atoms. The zero-order valence-electron chi connectivity index (χ0n) is 9.41. The molecule has 0 saturated carbocycles. The van der Waals surface area contributed by atoms with Gasteiger partial charge in [-0.2, -0.15) is 0 Å². The van der Waals surface area contributed by atoms with E-state index in [1.807, 2.05) is 18.2 Å². The Balaban J connectivity index is 2.20. The average molecular weight is 331 g/mol. The van der Waals surface area contributed by atoms with Crippen molar-refractivity contribution in [2.75, 3.05) is 0 Å². The van der Waals surface area contributed by atoms with Crippen molar-refractivity contribution in [3.05, 3.63) is 55.1 Å². The van der Waals surface area contributed by atoms with E-state index in [0.717, 1.165) is 20.8 Å². The van der Waals surface area contributed by atoms with Gasteiger partial charge in [-0.1, -0.05) is 45.7 Å². The van der Waals surface area contributed by atoms with Gasteiger partial charge in [-0.25, -0.2) is 0 Å². The summed E-state index contributed by atoms with van der Waals surface area (Å²) in [7, 11) is 0. The lowest BCUT2D eigenvalue weighted by Gasteiger charge is -2.14. The van der Waals surface area contributed by atoms with E-state index in [-0.39, 0.29) is 6.04 Å². The molecule has 2 N–H and O–H groups in total. The molecule has 1 atom stereocenters. The second-order valence-corrected chi connectivity index (χ2v) is 6.59. The summed E-state index contributed by atoms with van der Waals surface area (Å²) in [5.41, 5.74) is 8.60. The van der Waals surface area contributed by atoms with Crippen molar-refractivity contribution in [2.24, 2.45) is 5.73 Å². The lowest BCUT2D eigenvalue weighted by molar-refractivity contribution is 0.725. The van der Waals surface area contributed by atoms with Crippen molar-refractivity contribution >= 4 is 38.9 Å². The molecule has 2 aromatic rings. The first kappa shape index (κ1) is 13.1.